The molecule has 6 atom stereocenters. The lowest BCUT2D eigenvalue weighted by Crippen LogP contribution is -2.56. The maximum absolute atomic E-state index is 2.71. The van der Waals surface area contributed by atoms with E-state index in [4.69, 9.17) is 0 Å². The summed E-state index contributed by atoms with van der Waals surface area (Å²) in [7, 11) is 0. The third kappa shape index (κ3) is 8.03. The molecule has 2 aliphatic carbocycles. The first kappa shape index (κ1) is 52.4. The van der Waals surface area contributed by atoms with Gasteiger partial charge in [0.15, 0.2) is 0 Å². The monoisotopic (exact) mass is 1090 g/mol. The Labute approximate surface area is 498 Å². The fraction of sp³-hybridized carbons (Fsp3) is 0.244. The van der Waals surface area contributed by atoms with Gasteiger partial charge in [0.25, 0.3) is 0 Å². The average molecular weight is 1090 g/mol. The van der Waals surface area contributed by atoms with Crippen LogP contribution < -0.4 is 9.80 Å². The molecule has 0 aromatic heterocycles. The van der Waals surface area contributed by atoms with E-state index in [1.807, 2.05) is 0 Å². The molecule has 4 aliphatic rings. The van der Waals surface area contributed by atoms with Crippen molar-refractivity contribution in [2.75, 3.05) is 9.80 Å². The number of nitrogens with zero attached hydrogens (tertiary/aromatic N) is 2. The predicted molar refractivity (Wildman–Crippen MR) is 358 cm³/mol. The number of fused-ring (bicyclic) bond motifs is 8. The zero-order valence-electron chi connectivity index (χ0n) is 49.8. The first-order valence-corrected chi connectivity index (χ1v) is 31.4. The Morgan fingerprint density at radius 1 is 0.321 bits per heavy atom. The summed E-state index contributed by atoms with van der Waals surface area (Å²) >= 11 is 0. The molecule has 414 valence electrons. The summed E-state index contributed by atoms with van der Waals surface area (Å²) in [6.07, 6.45) is 9.69. The van der Waals surface area contributed by atoms with Gasteiger partial charge in [-0.25, -0.2) is 0 Å². The Morgan fingerprint density at radius 3 is 1.00 bits per heavy atom. The number of hydrogen-bond donors (Lipinski definition) is 0. The third-order valence-electron chi connectivity index (χ3n) is 22.0. The number of hydrogen-bond acceptors (Lipinski definition) is 2. The van der Waals surface area contributed by atoms with Gasteiger partial charge >= 0.3 is 0 Å². The highest BCUT2D eigenvalue weighted by atomic mass is 15.3. The topological polar surface area (TPSA) is 6.48 Å². The highest BCUT2D eigenvalue weighted by molar-refractivity contribution is 6.22. The molecule has 0 radical (unpaired) electrons. The fourth-order valence-electron chi connectivity index (χ4n) is 16.9. The van der Waals surface area contributed by atoms with E-state index < -0.39 is 0 Å². The normalized spacial score (nSPS) is 23.3. The van der Waals surface area contributed by atoms with Gasteiger partial charge in [-0.2, -0.15) is 0 Å². The summed E-state index contributed by atoms with van der Waals surface area (Å²) in [4.78, 5) is 5.42. The van der Waals surface area contributed by atoms with Crippen LogP contribution in [0, 0.1) is 11.8 Å². The van der Waals surface area contributed by atoms with Gasteiger partial charge in [-0.3, -0.25) is 0 Å². The first-order chi connectivity index (χ1) is 41.0. The van der Waals surface area contributed by atoms with Crippen molar-refractivity contribution in [3.63, 3.8) is 0 Å². The van der Waals surface area contributed by atoms with E-state index in [9.17, 15) is 0 Å². The zero-order chi connectivity index (χ0) is 57.0. The van der Waals surface area contributed by atoms with E-state index in [-0.39, 0.29) is 21.9 Å². The van der Waals surface area contributed by atoms with Gasteiger partial charge in [-0.15, -0.1) is 0 Å². The number of benzene rings is 11. The Morgan fingerprint density at radius 2 is 0.631 bits per heavy atom. The van der Waals surface area contributed by atoms with Gasteiger partial charge in [0.1, 0.15) is 0 Å². The summed E-state index contributed by atoms with van der Waals surface area (Å²) < 4.78 is 0. The molecule has 15 rings (SSSR count). The van der Waals surface area contributed by atoms with Crippen molar-refractivity contribution in [2.24, 2.45) is 11.8 Å². The second-order valence-corrected chi connectivity index (χ2v) is 26.2. The molecule has 84 heavy (non-hydrogen) atoms. The van der Waals surface area contributed by atoms with Gasteiger partial charge in [0, 0.05) is 33.6 Å². The Balaban J connectivity index is 0.954. The molecule has 0 spiro atoms. The van der Waals surface area contributed by atoms with E-state index in [1.54, 1.807) is 0 Å². The zero-order valence-corrected chi connectivity index (χ0v) is 49.8. The summed E-state index contributed by atoms with van der Waals surface area (Å²) in [6, 6.07) is 92.6. The van der Waals surface area contributed by atoms with Gasteiger partial charge in [-0.1, -0.05) is 223 Å². The van der Waals surface area contributed by atoms with Crippen LogP contribution in [0.25, 0.3) is 88.3 Å². The van der Waals surface area contributed by atoms with Gasteiger partial charge in [-0.05, 0) is 224 Å². The van der Waals surface area contributed by atoms with Crippen LogP contribution in [-0.2, 0) is 10.8 Å². The van der Waals surface area contributed by atoms with Crippen LogP contribution in [0.5, 0.6) is 0 Å². The molecule has 0 amide bonds. The maximum atomic E-state index is 2.71. The molecule has 2 saturated carbocycles. The predicted octanol–water partition coefficient (Wildman–Crippen LogP) is 22.8. The van der Waals surface area contributed by atoms with Crippen LogP contribution in [0.4, 0.5) is 22.7 Å². The molecule has 0 N–H and O–H groups in total. The highest BCUT2D eigenvalue weighted by Crippen LogP contribution is 2.64. The lowest BCUT2D eigenvalue weighted by atomic mass is 9.58. The van der Waals surface area contributed by atoms with E-state index in [2.05, 4.69) is 294 Å². The number of para-hydroxylation sites is 2. The molecule has 0 bridgehead atoms. The van der Waals surface area contributed by atoms with Gasteiger partial charge in [0.05, 0.1) is 11.1 Å². The second-order valence-electron chi connectivity index (χ2n) is 26.2. The van der Waals surface area contributed by atoms with Gasteiger partial charge < -0.3 is 9.80 Å². The molecule has 0 saturated heterocycles. The lowest BCUT2D eigenvalue weighted by Gasteiger charge is -2.52. The van der Waals surface area contributed by atoms with Crippen LogP contribution >= 0.6 is 0 Å². The molecule has 2 heterocycles. The van der Waals surface area contributed by atoms with Crippen LogP contribution in [0.15, 0.2) is 243 Å². The summed E-state index contributed by atoms with van der Waals surface area (Å²) in [5, 5.41) is 5.05. The molecule has 6 unspecified atom stereocenters. The number of anilines is 4. The maximum Gasteiger partial charge on any atom is 0.0518 e. The minimum Gasteiger partial charge on any atom is -0.334 e. The molecular weight excluding hydrogens is 1010 g/mol. The summed E-state index contributed by atoms with van der Waals surface area (Å²) in [5.74, 6) is 1.41. The van der Waals surface area contributed by atoms with Crippen molar-refractivity contribution >= 4 is 44.3 Å². The molecule has 11 aromatic carbocycles. The van der Waals surface area contributed by atoms with Crippen molar-refractivity contribution in [1.82, 2.24) is 0 Å². The van der Waals surface area contributed by atoms with Crippen molar-refractivity contribution < 1.29 is 0 Å². The van der Waals surface area contributed by atoms with Crippen LogP contribution in [0.3, 0.4) is 0 Å². The minimum atomic E-state index is -0.0407. The van der Waals surface area contributed by atoms with E-state index >= 15 is 0 Å². The Hall–Kier alpha value is -8.46. The van der Waals surface area contributed by atoms with Crippen molar-refractivity contribution in [2.45, 2.75) is 115 Å². The van der Waals surface area contributed by atoms with Crippen LogP contribution in [0.1, 0.15) is 104 Å². The van der Waals surface area contributed by atoms with Crippen molar-refractivity contribution in [3.8, 4) is 66.8 Å². The lowest BCUT2D eigenvalue weighted by molar-refractivity contribution is 0.143. The number of rotatable bonds is 10. The van der Waals surface area contributed by atoms with Gasteiger partial charge in [0.2, 0.25) is 0 Å². The van der Waals surface area contributed by atoms with E-state index in [0.29, 0.717) is 11.8 Å². The van der Waals surface area contributed by atoms with Crippen LogP contribution in [-0.4, -0.2) is 11.1 Å². The molecule has 11 aromatic rings. The third-order valence-corrected chi connectivity index (χ3v) is 22.0. The van der Waals surface area contributed by atoms with E-state index in [1.165, 1.54) is 174 Å². The smallest absolute Gasteiger partial charge is 0.0518 e. The van der Waals surface area contributed by atoms with Crippen LogP contribution in [0.2, 0.25) is 0 Å². The second kappa shape index (κ2) is 20.1. The summed E-state index contributed by atoms with van der Waals surface area (Å²) in [6.45, 7) is 15.1. The fourth-order valence-corrected chi connectivity index (χ4v) is 16.9. The minimum absolute atomic E-state index is 0.0194. The summed E-state index contributed by atoms with van der Waals surface area (Å²) in [5.41, 5.74) is 23.1. The quantitative estimate of drug-likeness (QED) is 0.126. The van der Waals surface area contributed by atoms with Crippen molar-refractivity contribution in [3.05, 3.63) is 254 Å². The van der Waals surface area contributed by atoms with E-state index in [0.717, 1.165) is 0 Å². The largest absolute Gasteiger partial charge is 0.334 e. The molecule has 2 heteroatoms. The highest BCUT2D eigenvalue weighted by Gasteiger charge is 2.60. The molecule has 2 fully saturated rings. The Kier molecular flexibility index (Phi) is 12.5. The van der Waals surface area contributed by atoms with Crippen molar-refractivity contribution in [1.29, 1.82) is 0 Å². The first-order valence-electron chi connectivity index (χ1n) is 31.4. The molecule has 2 nitrogen and oxygen atoms in total. The molecular formula is C82H76N2. The standard InChI is InChI=1S/C82H76N2/c1-7-55-45-47-81(5)79(3,53-55)73-51-65(39-43-75(73)83(81)67-25-17-11-18-26-67)63-37-41-69-71(49-63)77(61-33-29-59(30-34-61)57-21-13-9-14-22-57)70-42-38-64(50-72(70)78(69)62-35-31-60(32-36-62)58-23-15-10-16-24-58)66-40-44-76-74(52-66)80(4)54-56(8-2)46-48-82(80,6)84(76)68-27-19-12-20-28-68/h9-44,49-52,55-56H,7-8,45-48,53-54H2,1-6H3. The Bertz CT molecular complexity index is 4000. The average Bonchev–Trinajstić information content (AvgIpc) is 1.72. The SMILES string of the molecule is CCC1CCC2(C)N(c3ccccc3)c3ccc(-c4ccc5c(-c6ccc(-c7ccccc7)cc6)c6cc(-c7ccc8c(c7)C7(C)CC(CC)CCC7(C)N8c7ccccc7)ccc6c(-c6ccc(-c7ccccc7)cc6)c5c4)cc3C2(C)C1. The molecule has 2 aliphatic heterocycles.